The SMILES string of the molecule is CCC(C)CN(CC)CC(=O)c1cc(F)ccc1F. The van der Waals surface area contributed by atoms with E-state index in [0.29, 0.717) is 12.5 Å². The molecule has 0 aliphatic heterocycles. The van der Waals surface area contributed by atoms with Crippen LogP contribution >= 0.6 is 0 Å². The second kappa shape index (κ2) is 7.34. The number of Topliss-reactive ketones (excluding diaryl/α,β-unsaturated/α-hetero) is 1. The first-order chi connectivity index (χ1) is 8.97. The van der Waals surface area contributed by atoms with Crippen LogP contribution in [0.3, 0.4) is 0 Å². The second-order valence-electron chi connectivity index (χ2n) is 4.89. The summed E-state index contributed by atoms with van der Waals surface area (Å²) in [5.74, 6) is -1.15. The first-order valence-electron chi connectivity index (χ1n) is 6.68. The van der Waals surface area contributed by atoms with Crippen molar-refractivity contribution in [2.45, 2.75) is 27.2 Å². The lowest BCUT2D eigenvalue weighted by Crippen LogP contribution is -2.33. The van der Waals surface area contributed by atoms with Crippen molar-refractivity contribution in [3.05, 3.63) is 35.4 Å². The summed E-state index contributed by atoms with van der Waals surface area (Å²) in [6, 6.07) is 2.98. The molecule has 1 unspecified atom stereocenters. The summed E-state index contributed by atoms with van der Waals surface area (Å²) in [4.78, 5) is 14.0. The van der Waals surface area contributed by atoms with Gasteiger partial charge in [-0.1, -0.05) is 27.2 Å². The Morgan fingerprint density at radius 2 is 2.00 bits per heavy atom. The molecule has 1 atom stereocenters. The summed E-state index contributed by atoms with van der Waals surface area (Å²) in [5.41, 5.74) is -0.164. The molecule has 4 heteroatoms. The molecule has 0 spiro atoms. The second-order valence-corrected chi connectivity index (χ2v) is 4.89. The molecule has 106 valence electrons. The average molecular weight is 269 g/mol. The van der Waals surface area contributed by atoms with Gasteiger partial charge in [-0.05, 0) is 30.7 Å². The lowest BCUT2D eigenvalue weighted by Gasteiger charge is -2.23. The summed E-state index contributed by atoms with van der Waals surface area (Å²) >= 11 is 0. The number of ketones is 1. The van der Waals surface area contributed by atoms with E-state index in [2.05, 4.69) is 13.8 Å². The van der Waals surface area contributed by atoms with E-state index in [1.165, 1.54) is 0 Å². The highest BCUT2D eigenvalue weighted by atomic mass is 19.1. The van der Waals surface area contributed by atoms with Gasteiger partial charge < -0.3 is 0 Å². The molecule has 0 aliphatic rings. The number of hydrogen-bond acceptors (Lipinski definition) is 2. The molecule has 1 rings (SSSR count). The molecular weight excluding hydrogens is 248 g/mol. The monoisotopic (exact) mass is 269 g/mol. The van der Waals surface area contributed by atoms with Crippen molar-refractivity contribution in [2.24, 2.45) is 5.92 Å². The van der Waals surface area contributed by atoms with E-state index >= 15 is 0 Å². The molecule has 0 amide bonds. The molecule has 0 aromatic heterocycles. The van der Waals surface area contributed by atoms with Gasteiger partial charge in [0.25, 0.3) is 0 Å². The van der Waals surface area contributed by atoms with E-state index in [1.807, 2.05) is 11.8 Å². The van der Waals surface area contributed by atoms with E-state index in [0.717, 1.165) is 31.2 Å². The van der Waals surface area contributed by atoms with Gasteiger partial charge in [0, 0.05) is 6.54 Å². The lowest BCUT2D eigenvalue weighted by molar-refractivity contribution is 0.0919. The van der Waals surface area contributed by atoms with E-state index in [-0.39, 0.29) is 17.9 Å². The summed E-state index contributed by atoms with van der Waals surface area (Å²) in [6.45, 7) is 7.78. The third-order valence-corrected chi connectivity index (χ3v) is 3.31. The summed E-state index contributed by atoms with van der Waals surface area (Å²) in [7, 11) is 0. The van der Waals surface area contributed by atoms with Gasteiger partial charge in [0.2, 0.25) is 0 Å². The summed E-state index contributed by atoms with van der Waals surface area (Å²) < 4.78 is 26.6. The molecule has 0 saturated heterocycles. The zero-order valence-electron chi connectivity index (χ0n) is 11.7. The third kappa shape index (κ3) is 4.71. The normalized spacial score (nSPS) is 12.7. The van der Waals surface area contributed by atoms with Crippen LogP contribution in [0.4, 0.5) is 8.78 Å². The molecule has 0 aliphatic carbocycles. The van der Waals surface area contributed by atoms with Crippen molar-refractivity contribution in [2.75, 3.05) is 19.6 Å². The highest BCUT2D eigenvalue weighted by molar-refractivity contribution is 5.97. The molecule has 0 saturated carbocycles. The Bertz CT molecular complexity index is 434. The smallest absolute Gasteiger partial charge is 0.179 e. The first-order valence-corrected chi connectivity index (χ1v) is 6.68. The van der Waals surface area contributed by atoms with E-state index in [1.54, 1.807) is 0 Å². The van der Waals surface area contributed by atoms with Gasteiger partial charge in [0.1, 0.15) is 11.6 Å². The number of carbonyl (C=O) groups is 1. The van der Waals surface area contributed by atoms with Crippen molar-refractivity contribution in [3.8, 4) is 0 Å². The Kier molecular flexibility index (Phi) is 6.09. The average Bonchev–Trinajstić information content (AvgIpc) is 2.40. The maximum Gasteiger partial charge on any atom is 0.179 e. The van der Waals surface area contributed by atoms with Gasteiger partial charge in [0.05, 0.1) is 12.1 Å². The molecule has 0 fully saturated rings. The maximum atomic E-state index is 13.5. The molecule has 0 bridgehead atoms. The molecule has 1 aromatic carbocycles. The quantitative estimate of drug-likeness (QED) is 0.706. The van der Waals surface area contributed by atoms with Gasteiger partial charge in [-0.2, -0.15) is 0 Å². The Labute approximate surface area is 113 Å². The van der Waals surface area contributed by atoms with Crippen molar-refractivity contribution in [1.29, 1.82) is 0 Å². The number of nitrogens with zero attached hydrogens (tertiary/aromatic N) is 1. The minimum atomic E-state index is -0.661. The topological polar surface area (TPSA) is 20.3 Å². The fraction of sp³-hybridized carbons (Fsp3) is 0.533. The highest BCUT2D eigenvalue weighted by Crippen LogP contribution is 2.12. The van der Waals surface area contributed by atoms with Crippen molar-refractivity contribution in [1.82, 2.24) is 4.90 Å². The summed E-state index contributed by atoms with van der Waals surface area (Å²) in [6.07, 6.45) is 1.03. The molecular formula is C15H21F2NO. The first kappa shape index (κ1) is 15.8. The number of likely N-dealkylation sites (N-methyl/N-ethyl adjacent to an activating group) is 1. The molecule has 0 heterocycles. The number of carbonyl (C=O) groups excluding carboxylic acids is 1. The third-order valence-electron chi connectivity index (χ3n) is 3.31. The van der Waals surface area contributed by atoms with Gasteiger partial charge >= 0.3 is 0 Å². The maximum absolute atomic E-state index is 13.5. The van der Waals surface area contributed by atoms with Crippen LogP contribution < -0.4 is 0 Å². The van der Waals surface area contributed by atoms with Gasteiger partial charge in [0.15, 0.2) is 5.78 Å². The zero-order valence-corrected chi connectivity index (χ0v) is 11.7. The van der Waals surface area contributed by atoms with Crippen LogP contribution in [0.2, 0.25) is 0 Å². The van der Waals surface area contributed by atoms with Crippen LogP contribution in [-0.2, 0) is 0 Å². The zero-order chi connectivity index (χ0) is 14.4. The number of benzene rings is 1. The van der Waals surface area contributed by atoms with Gasteiger partial charge in [-0.25, -0.2) is 8.78 Å². The van der Waals surface area contributed by atoms with Crippen molar-refractivity contribution in [3.63, 3.8) is 0 Å². The summed E-state index contributed by atoms with van der Waals surface area (Å²) in [5, 5.41) is 0. The van der Waals surface area contributed by atoms with Crippen LogP contribution in [0.25, 0.3) is 0 Å². The van der Waals surface area contributed by atoms with Crippen molar-refractivity contribution < 1.29 is 13.6 Å². The number of halogens is 2. The highest BCUT2D eigenvalue weighted by Gasteiger charge is 2.17. The molecule has 0 radical (unpaired) electrons. The van der Waals surface area contributed by atoms with Crippen molar-refractivity contribution >= 4 is 5.78 Å². The minimum Gasteiger partial charge on any atom is -0.296 e. The molecule has 2 nitrogen and oxygen atoms in total. The molecule has 19 heavy (non-hydrogen) atoms. The Morgan fingerprint density at radius 1 is 1.32 bits per heavy atom. The number of hydrogen-bond donors (Lipinski definition) is 0. The minimum absolute atomic E-state index is 0.126. The Hall–Kier alpha value is -1.29. The largest absolute Gasteiger partial charge is 0.296 e. The Morgan fingerprint density at radius 3 is 2.58 bits per heavy atom. The van der Waals surface area contributed by atoms with Crippen LogP contribution in [0, 0.1) is 17.6 Å². The molecule has 0 N–H and O–H groups in total. The fourth-order valence-corrected chi connectivity index (χ4v) is 1.87. The Balaban J connectivity index is 2.74. The van der Waals surface area contributed by atoms with E-state index in [9.17, 15) is 13.6 Å². The predicted octanol–water partition coefficient (Wildman–Crippen LogP) is 3.52. The van der Waals surface area contributed by atoms with Crippen LogP contribution in [0.15, 0.2) is 18.2 Å². The van der Waals surface area contributed by atoms with Crippen LogP contribution in [0.1, 0.15) is 37.6 Å². The predicted molar refractivity (Wildman–Crippen MR) is 72.3 cm³/mol. The number of rotatable bonds is 7. The van der Waals surface area contributed by atoms with Gasteiger partial charge in [-0.3, -0.25) is 9.69 Å². The van der Waals surface area contributed by atoms with Crippen LogP contribution in [0.5, 0.6) is 0 Å². The van der Waals surface area contributed by atoms with E-state index < -0.39 is 11.6 Å². The van der Waals surface area contributed by atoms with Crippen LogP contribution in [-0.4, -0.2) is 30.3 Å². The lowest BCUT2D eigenvalue weighted by atomic mass is 10.1. The standard InChI is InChI=1S/C15H21F2NO/c1-4-11(3)9-18(5-2)10-15(19)13-8-12(16)6-7-14(13)17/h6-8,11H,4-5,9-10H2,1-3H3. The molecule has 1 aromatic rings. The van der Waals surface area contributed by atoms with Gasteiger partial charge in [-0.15, -0.1) is 0 Å². The van der Waals surface area contributed by atoms with E-state index in [4.69, 9.17) is 0 Å². The fourth-order valence-electron chi connectivity index (χ4n) is 1.87.